The molecule has 2 amide bonds. The number of amides is 2. The summed E-state index contributed by atoms with van der Waals surface area (Å²) < 4.78 is 39.6. The van der Waals surface area contributed by atoms with Gasteiger partial charge >= 0.3 is 0 Å². The lowest BCUT2D eigenvalue weighted by atomic mass is 9.99. The average molecular weight is 357 g/mol. The number of hydrogen-bond acceptors (Lipinski definition) is 3. The summed E-state index contributed by atoms with van der Waals surface area (Å²) in [6.07, 6.45) is 1.93. The summed E-state index contributed by atoms with van der Waals surface area (Å²) in [5.74, 6) is -4.49. The van der Waals surface area contributed by atoms with Crippen LogP contribution in [0.2, 0.25) is 0 Å². The first-order valence-corrected chi connectivity index (χ1v) is 8.17. The Morgan fingerprint density at radius 1 is 1.16 bits per heavy atom. The van der Waals surface area contributed by atoms with Gasteiger partial charge in [-0.2, -0.15) is 0 Å². The highest BCUT2D eigenvalue weighted by Gasteiger charge is 2.22. The number of likely N-dealkylation sites (tertiary alicyclic amines) is 1. The molecule has 138 valence electrons. The maximum Gasteiger partial charge on any atom is 0.238 e. The van der Waals surface area contributed by atoms with Crippen molar-refractivity contribution in [1.82, 2.24) is 9.80 Å². The van der Waals surface area contributed by atoms with E-state index in [1.165, 1.54) is 4.90 Å². The van der Waals surface area contributed by atoms with Crippen molar-refractivity contribution in [2.75, 3.05) is 38.5 Å². The molecule has 0 spiro atoms. The topological polar surface area (TPSA) is 52.7 Å². The number of benzene rings is 1. The van der Waals surface area contributed by atoms with Crippen molar-refractivity contribution in [3.63, 3.8) is 0 Å². The molecule has 0 atom stereocenters. The summed E-state index contributed by atoms with van der Waals surface area (Å²) in [7, 11) is 1.59. The van der Waals surface area contributed by atoms with Crippen LogP contribution < -0.4 is 5.32 Å². The fourth-order valence-corrected chi connectivity index (χ4v) is 2.70. The van der Waals surface area contributed by atoms with Gasteiger partial charge in [-0.05, 0) is 37.9 Å². The molecule has 0 aliphatic carbocycles. The first-order chi connectivity index (χ1) is 11.8. The van der Waals surface area contributed by atoms with Crippen LogP contribution in [0.1, 0.15) is 19.8 Å². The molecule has 1 aliphatic rings. The number of piperidine rings is 1. The van der Waals surface area contributed by atoms with E-state index in [1.807, 2.05) is 0 Å². The molecular weight excluding hydrogens is 335 g/mol. The molecule has 8 heteroatoms. The molecule has 2 rings (SSSR count). The monoisotopic (exact) mass is 357 g/mol. The van der Waals surface area contributed by atoms with E-state index < -0.39 is 29.0 Å². The highest BCUT2D eigenvalue weighted by atomic mass is 19.2. The molecule has 1 N–H and O–H groups in total. The van der Waals surface area contributed by atoms with Gasteiger partial charge in [-0.1, -0.05) is 6.92 Å². The molecule has 1 saturated heterocycles. The van der Waals surface area contributed by atoms with Crippen LogP contribution in [0.15, 0.2) is 12.1 Å². The molecule has 1 fully saturated rings. The number of nitrogens with one attached hydrogen (secondary N) is 1. The number of hydrogen-bond donors (Lipinski definition) is 1. The standard InChI is InChI=1S/C17H22F3N3O2/c1-11-5-7-23(8-6-11)15(25)10-22(2)9-14(24)21-13-4-3-12(18)16(19)17(13)20/h3-4,11H,5-10H2,1-2H3,(H,21,24). The van der Waals surface area contributed by atoms with Crippen LogP contribution in [-0.2, 0) is 9.59 Å². The van der Waals surface area contributed by atoms with E-state index in [0.29, 0.717) is 19.0 Å². The van der Waals surface area contributed by atoms with E-state index in [2.05, 4.69) is 12.2 Å². The Bertz CT molecular complexity index is 646. The molecule has 1 aliphatic heterocycles. The zero-order valence-corrected chi connectivity index (χ0v) is 14.3. The first-order valence-electron chi connectivity index (χ1n) is 8.17. The van der Waals surface area contributed by atoms with Crippen molar-refractivity contribution in [1.29, 1.82) is 0 Å². The smallest absolute Gasteiger partial charge is 0.238 e. The lowest BCUT2D eigenvalue weighted by molar-refractivity contribution is -0.133. The number of nitrogens with zero attached hydrogens (tertiary/aromatic N) is 2. The summed E-state index contributed by atoms with van der Waals surface area (Å²) in [6.45, 7) is 3.45. The summed E-state index contributed by atoms with van der Waals surface area (Å²) in [4.78, 5) is 27.4. The Morgan fingerprint density at radius 3 is 2.44 bits per heavy atom. The lowest BCUT2D eigenvalue weighted by Gasteiger charge is -2.31. The third-order valence-electron chi connectivity index (χ3n) is 4.26. The third kappa shape index (κ3) is 5.19. The maximum absolute atomic E-state index is 13.5. The van der Waals surface area contributed by atoms with E-state index in [-0.39, 0.29) is 19.0 Å². The predicted octanol–water partition coefficient (Wildman–Crippen LogP) is 2.23. The molecule has 1 aromatic rings. The second kappa shape index (κ2) is 8.33. The van der Waals surface area contributed by atoms with Gasteiger partial charge < -0.3 is 10.2 Å². The second-order valence-corrected chi connectivity index (χ2v) is 6.51. The van der Waals surface area contributed by atoms with Crippen molar-refractivity contribution < 1.29 is 22.8 Å². The van der Waals surface area contributed by atoms with Gasteiger partial charge in [-0.3, -0.25) is 14.5 Å². The van der Waals surface area contributed by atoms with Crippen molar-refractivity contribution in [3.05, 3.63) is 29.6 Å². The number of carbonyl (C=O) groups excluding carboxylic acids is 2. The van der Waals surface area contributed by atoms with Gasteiger partial charge in [0, 0.05) is 13.1 Å². The van der Waals surface area contributed by atoms with Crippen molar-refractivity contribution in [2.24, 2.45) is 5.92 Å². The van der Waals surface area contributed by atoms with Gasteiger partial charge in [0.2, 0.25) is 11.8 Å². The van der Waals surface area contributed by atoms with Crippen LogP contribution in [-0.4, -0.2) is 54.8 Å². The fraction of sp³-hybridized carbons (Fsp3) is 0.529. The minimum absolute atomic E-state index is 0.0576. The van der Waals surface area contributed by atoms with Gasteiger partial charge in [-0.25, -0.2) is 13.2 Å². The van der Waals surface area contributed by atoms with Crippen molar-refractivity contribution >= 4 is 17.5 Å². The molecular formula is C17H22F3N3O2. The molecule has 0 bridgehead atoms. The molecule has 1 heterocycles. The zero-order chi connectivity index (χ0) is 18.6. The van der Waals surface area contributed by atoms with Crippen LogP contribution in [0.3, 0.4) is 0 Å². The van der Waals surface area contributed by atoms with Crippen molar-refractivity contribution in [3.8, 4) is 0 Å². The highest BCUT2D eigenvalue weighted by molar-refractivity contribution is 5.92. The summed E-state index contributed by atoms with van der Waals surface area (Å²) in [6, 6.07) is 1.68. The Labute approximate surface area is 144 Å². The van der Waals surface area contributed by atoms with Crippen molar-refractivity contribution in [2.45, 2.75) is 19.8 Å². The number of anilines is 1. The zero-order valence-electron chi connectivity index (χ0n) is 14.3. The average Bonchev–Trinajstić information content (AvgIpc) is 2.55. The van der Waals surface area contributed by atoms with Crippen LogP contribution in [0.5, 0.6) is 0 Å². The third-order valence-corrected chi connectivity index (χ3v) is 4.26. The summed E-state index contributed by atoms with van der Waals surface area (Å²) >= 11 is 0. The second-order valence-electron chi connectivity index (χ2n) is 6.51. The van der Waals surface area contributed by atoms with E-state index in [4.69, 9.17) is 0 Å². The van der Waals surface area contributed by atoms with Gasteiger partial charge in [-0.15, -0.1) is 0 Å². The van der Waals surface area contributed by atoms with Crippen LogP contribution in [0.25, 0.3) is 0 Å². The highest BCUT2D eigenvalue weighted by Crippen LogP contribution is 2.19. The van der Waals surface area contributed by atoms with Crippen LogP contribution >= 0.6 is 0 Å². The Hall–Kier alpha value is -2.09. The first kappa shape index (κ1) is 19.2. The number of carbonyl (C=O) groups is 2. The molecule has 0 saturated carbocycles. The quantitative estimate of drug-likeness (QED) is 0.823. The molecule has 0 radical (unpaired) electrons. The van der Waals surface area contributed by atoms with Gasteiger partial charge in [0.15, 0.2) is 17.5 Å². The Kier molecular flexibility index (Phi) is 6.41. The largest absolute Gasteiger partial charge is 0.342 e. The van der Waals surface area contributed by atoms with E-state index in [0.717, 1.165) is 25.0 Å². The summed E-state index contributed by atoms with van der Waals surface area (Å²) in [5, 5.41) is 2.18. The maximum atomic E-state index is 13.5. The summed E-state index contributed by atoms with van der Waals surface area (Å²) in [5.41, 5.74) is -0.436. The van der Waals surface area contributed by atoms with Gasteiger partial charge in [0.25, 0.3) is 0 Å². The minimum Gasteiger partial charge on any atom is -0.342 e. The Morgan fingerprint density at radius 2 is 1.80 bits per heavy atom. The molecule has 0 unspecified atom stereocenters. The van der Waals surface area contributed by atoms with Crippen LogP contribution in [0.4, 0.5) is 18.9 Å². The fourth-order valence-electron chi connectivity index (χ4n) is 2.70. The number of rotatable bonds is 5. The van der Waals surface area contributed by atoms with Crippen LogP contribution in [0, 0.1) is 23.4 Å². The van der Waals surface area contributed by atoms with E-state index in [1.54, 1.807) is 11.9 Å². The van der Waals surface area contributed by atoms with E-state index >= 15 is 0 Å². The normalized spacial score (nSPS) is 15.5. The molecule has 1 aromatic carbocycles. The molecule has 25 heavy (non-hydrogen) atoms. The molecule has 0 aromatic heterocycles. The minimum atomic E-state index is -1.64. The Balaban J connectivity index is 1.84. The van der Waals surface area contributed by atoms with E-state index in [9.17, 15) is 22.8 Å². The lowest BCUT2D eigenvalue weighted by Crippen LogP contribution is -2.44. The van der Waals surface area contributed by atoms with Gasteiger partial charge in [0.1, 0.15) is 0 Å². The SMILES string of the molecule is CC1CCN(C(=O)CN(C)CC(=O)Nc2ccc(F)c(F)c2F)CC1. The van der Waals surface area contributed by atoms with Gasteiger partial charge in [0.05, 0.1) is 18.8 Å². The predicted molar refractivity (Wildman–Crippen MR) is 87.4 cm³/mol. The molecule has 5 nitrogen and oxygen atoms in total. The number of halogens is 3. The number of likely N-dealkylation sites (N-methyl/N-ethyl adjacent to an activating group) is 1.